The van der Waals surface area contributed by atoms with Crippen LogP contribution in [0.25, 0.3) is 10.4 Å². The second kappa shape index (κ2) is 7.09. The molecule has 2 rings (SSSR count). The van der Waals surface area contributed by atoms with E-state index < -0.39 is 17.5 Å². The van der Waals surface area contributed by atoms with Crippen LogP contribution in [0.3, 0.4) is 0 Å². The van der Waals surface area contributed by atoms with Crippen molar-refractivity contribution in [1.82, 2.24) is 5.32 Å². The Balaban J connectivity index is 2.29. The van der Waals surface area contributed by atoms with Crippen molar-refractivity contribution in [3.8, 4) is 10.4 Å². The zero-order valence-electron chi connectivity index (χ0n) is 12.1. The third-order valence-corrected chi connectivity index (χ3v) is 4.53. The highest BCUT2D eigenvalue weighted by atomic mass is 32.1. The molecule has 1 atom stereocenters. The van der Waals surface area contributed by atoms with Gasteiger partial charge >= 0.3 is 0 Å². The Labute approximate surface area is 126 Å². The van der Waals surface area contributed by atoms with Gasteiger partial charge in [-0.2, -0.15) is 0 Å². The molecule has 1 N–H and O–H groups in total. The number of rotatable bonds is 6. The molecule has 1 unspecified atom stereocenters. The highest BCUT2D eigenvalue weighted by Gasteiger charge is 2.16. The summed E-state index contributed by atoms with van der Waals surface area (Å²) in [4.78, 5) is 1.68. The van der Waals surface area contributed by atoms with Crippen molar-refractivity contribution in [1.29, 1.82) is 0 Å². The van der Waals surface area contributed by atoms with Crippen LogP contribution in [0, 0.1) is 17.5 Å². The van der Waals surface area contributed by atoms with Crippen molar-refractivity contribution in [3.05, 3.63) is 46.6 Å². The SMILES string of the molecule is CCCNC(CC)c1ccc(-c2cc(F)c(F)cc2F)s1. The van der Waals surface area contributed by atoms with E-state index in [-0.39, 0.29) is 11.6 Å². The molecule has 0 saturated carbocycles. The van der Waals surface area contributed by atoms with Gasteiger partial charge in [-0.05, 0) is 37.6 Å². The van der Waals surface area contributed by atoms with E-state index in [1.165, 1.54) is 11.3 Å². The summed E-state index contributed by atoms with van der Waals surface area (Å²) in [7, 11) is 0. The van der Waals surface area contributed by atoms with Crippen molar-refractivity contribution in [2.75, 3.05) is 6.54 Å². The molecule has 114 valence electrons. The van der Waals surface area contributed by atoms with E-state index in [0.29, 0.717) is 10.9 Å². The number of hydrogen-bond donors (Lipinski definition) is 1. The predicted octanol–water partition coefficient (Wildman–Crippen LogP) is 5.28. The molecule has 1 nitrogen and oxygen atoms in total. The lowest BCUT2D eigenvalue weighted by Gasteiger charge is -2.14. The summed E-state index contributed by atoms with van der Waals surface area (Å²) < 4.78 is 40.1. The second-order valence-corrected chi connectivity index (χ2v) is 5.98. The topological polar surface area (TPSA) is 12.0 Å². The van der Waals surface area contributed by atoms with Gasteiger partial charge in [0.05, 0.1) is 0 Å². The minimum absolute atomic E-state index is 0.107. The van der Waals surface area contributed by atoms with E-state index in [2.05, 4.69) is 19.2 Å². The summed E-state index contributed by atoms with van der Waals surface area (Å²) in [6.45, 7) is 5.08. The molecule has 0 aliphatic carbocycles. The van der Waals surface area contributed by atoms with Crippen LogP contribution < -0.4 is 5.32 Å². The van der Waals surface area contributed by atoms with Gasteiger partial charge in [0.15, 0.2) is 11.6 Å². The van der Waals surface area contributed by atoms with Crippen molar-refractivity contribution in [3.63, 3.8) is 0 Å². The molecule has 1 aromatic heterocycles. The molecule has 1 heterocycles. The van der Waals surface area contributed by atoms with Gasteiger partial charge in [-0.15, -0.1) is 11.3 Å². The molecule has 5 heteroatoms. The molecule has 0 fully saturated rings. The van der Waals surface area contributed by atoms with Gasteiger partial charge in [-0.3, -0.25) is 0 Å². The third-order valence-electron chi connectivity index (χ3n) is 3.29. The highest BCUT2D eigenvalue weighted by Crippen LogP contribution is 2.34. The van der Waals surface area contributed by atoms with E-state index in [9.17, 15) is 13.2 Å². The molecule has 21 heavy (non-hydrogen) atoms. The minimum Gasteiger partial charge on any atom is -0.309 e. The molecule has 2 aromatic rings. The van der Waals surface area contributed by atoms with Gasteiger partial charge in [-0.1, -0.05) is 13.8 Å². The van der Waals surface area contributed by atoms with Crippen LogP contribution in [0.4, 0.5) is 13.2 Å². The van der Waals surface area contributed by atoms with Crippen LogP contribution in [0.1, 0.15) is 37.6 Å². The number of halogens is 3. The molecular weight excluding hydrogens is 295 g/mol. The Morgan fingerprint density at radius 3 is 2.43 bits per heavy atom. The number of thiophene rings is 1. The number of nitrogens with one attached hydrogen (secondary N) is 1. The molecule has 0 saturated heterocycles. The smallest absolute Gasteiger partial charge is 0.161 e. The van der Waals surface area contributed by atoms with Crippen LogP contribution in [0.2, 0.25) is 0 Å². The molecule has 0 aliphatic rings. The van der Waals surface area contributed by atoms with Crippen molar-refractivity contribution in [2.45, 2.75) is 32.7 Å². The van der Waals surface area contributed by atoms with E-state index >= 15 is 0 Å². The van der Waals surface area contributed by atoms with E-state index in [4.69, 9.17) is 0 Å². The maximum absolute atomic E-state index is 13.8. The van der Waals surface area contributed by atoms with E-state index in [1.54, 1.807) is 6.07 Å². The number of benzene rings is 1. The third kappa shape index (κ3) is 3.66. The number of hydrogen-bond acceptors (Lipinski definition) is 2. The first-order chi connectivity index (χ1) is 10.1. The lowest BCUT2D eigenvalue weighted by molar-refractivity contribution is 0.496. The van der Waals surface area contributed by atoms with E-state index in [0.717, 1.165) is 30.3 Å². The van der Waals surface area contributed by atoms with E-state index in [1.807, 2.05) is 6.07 Å². The predicted molar refractivity (Wildman–Crippen MR) is 81.0 cm³/mol. The normalized spacial score (nSPS) is 12.6. The van der Waals surface area contributed by atoms with Gasteiger partial charge in [0.1, 0.15) is 5.82 Å². The summed E-state index contributed by atoms with van der Waals surface area (Å²) in [6.07, 6.45) is 1.95. The largest absolute Gasteiger partial charge is 0.309 e. The Morgan fingerprint density at radius 1 is 1.05 bits per heavy atom. The first-order valence-corrected chi connectivity index (χ1v) is 7.86. The first-order valence-electron chi connectivity index (χ1n) is 7.04. The van der Waals surface area contributed by atoms with Crippen LogP contribution in [0.15, 0.2) is 24.3 Å². The van der Waals surface area contributed by atoms with Gasteiger partial charge < -0.3 is 5.32 Å². The molecule has 1 aromatic carbocycles. The second-order valence-electron chi connectivity index (χ2n) is 4.86. The Morgan fingerprint density at radius 2 is 1.76 bits per heavy atom. The van der Waals surface area contributed by atoms with Gasteiger partial charge in [0, 0.05) is 27.4 Å². The Hall–Kier alpha value is -1.33. The average Bonchev–Trinajstić information content (AvgIpc) is 2.93. The molecule has 0 radical (unpaired) electrons. The fourth-order valence-electron chi connectivity index (χ4n) is 2.16. The molecule has 0 bridgehead atoms. The standard InChI is InChI=1S/C16H18F3NS/c1-3-7-20-14(4-2)16-6-5-15(21-16)10-8-12(18)13(19)9-11(10)17/h5-6,8-9,14,20H,3-4,7H2,1-2H3. The fraction of sp³-hybridized carbons (Fsp3) is 0.375. The lowest BCUT2D eigenvalue weighted by atomic mass is 10.1. The summed E-state index contributed by atoms with van der Waals surface area (Å²) in [5.74, 6) is -2.93. The van der Waals surface area contributed by atoms with Crippen LogP contribution in [-0.2, 0) is 0 Å². The summed E-state index contributed by atoms with van der Waals surface area (Å²) >= 11 is 1.41. The monoisotopic (exact) mass is 313 g/mol. The maximum atomic E-state index is 13.8. The molecule has 0 spiro atoms. The average molecular weight is 313 g/mol. The molecule has 0 amide bonds. The molecule has 0 aliphatic heterocycles. The van der Waals surface area contributed by atoms with Crippen LogP contribution in [0.5, 0.6) is 0 Å². The van der Waals surface area contributed by atoms with Crippen LogP contribution in [-0.4, -0.2) is 6.54 Å². The molecular formula is C16H18F3NS. The van der Waals surface area contributed by atoms with Crippen molar-refractivity contribution in [2.24, 2.45) is 0 Å². The zero-order valence-corrected chi connectivity index (χ0v) is 12.9. The fourth-order valence-corrected chi connectivity index (χ4v) is 3.35. The summed E-state index contributed by atoms with van der Waals surface area (Å²) in [6, 6.07) is 5.39. The maximum Gasteiger partial charge on any atom is 0.161 e. The Kier molecular flexibility index (Phi) is 5.42. The van der Waals surface area contributed by atoms with Crippen molar-refractivity contribution >= 4 is 11.3 Å². The zero-order chi connectivity index (χ0) is 15.4. The summed E-state index contributed by atoms with van der Waals surface area (Å²) in [5, 5.41) is 3.42. The highest BCUT2D eigenvalue weighted by molar-refractivity contribution is 7.15. The Bertz CT molecular complexity index is 610. The first kappa shape index (κ1) is 16.0. The van der Waals surface area contributed by atoms with Gasteiger partial charge in [-0.25, -0.2) is 13.2 Å². The minimum atomic E-state index is -1.16. The van der Waals surface area contributed by atoms with Crippen molar-refractivity contribution < 1.29 is 13.2 Å². The van der Waals surface area contributed by atoms with Crippen LogP contribution >= 0.6 is 11.3 Å². The quantitative estimate of drug-likeness (QED) is 0.715. The summed E-state index contributed by atoms with van der Waals surface area (Å²) in [5.41, 5.74) is 0.107. The van der Waals surface area contributed by atoms with Gasteiger partial charge in [0.2, 0.25) is 0 Å². The van der Waals surface area contributed by atoms with Gasteiger partial charge in [0.25, 0.3) is 0 Å². The lowest BCUT2D eigenvalue weighted by Crippen LogP contribution is -2.20.